The molecule has 0 atom stereocenters. The van der Waals surface area contributed by atoms with Gasteiger partial charge in [-0.05, 0) is 36.6 Å². The summed E-state index contributed by atoms with van der Waals surface area (Å²) >= 11 is 0. The zero-order valence-corrected chi connectivity index (χ0v) is 12.9. The standard InChI is InChI=1S/C16H23N3O2/c1-4-19(10-16(2,3)9-17)15(21)12-6-5-11-8-14(20)18-13(11)7-12/h5-7H,4,8-10,17H2,1-3H3,(H,18,20). The first-order chi connectivity index (χ1) is 9.86. The zero-order chi connectivity index (χ0) is 15.6. The molecule has 1 heterocycles. The van der Waals surface area contributed by atoms with Crippen molar-refractivity contribution in [2.24, 2.45) is 11.1 Å². The fourth-order valence-corrected chi connectivity index (χ4v) is 2.44. The van der Waals surface area contributed by atoms with Crippen LogP contribution >= 0.6 is 0 Å². The summed E-state index contributed by atoms with van der Waals surface area (Å²) in [5.74, 6) is -0.0471. The number of nitrogens with one attached hydrogen (secondary N) is 1. The summed E-state index contributed by atoms with van der Waals surface area (Å²) in [6, 6.07) is 5.41. The molecular weight excluding hydrogens is 266 g/mol. The Labute approximate surface area is 125 Å². The Morgan fingerprint density at radius 1 is 1.43 bits per heavy atom. The van der Waals surface area contributed by atoms with Crippen molar-refractivity contribution in [2.75, 3.05) is 25.0 Å². The average molecular weight is 289 g/mol. The number of benzene rings is 1. The van der Waals surface area contributed by atoms with Crippen molar-refractivity contribution in [1.82, 2.24) is 4.90 Å². The highest BCUT2D eigenvalue weighted by Crippen LogP contribution is 2.25. The van der Waals surface area contributed by atoms with Gasteiger partial charge in [0.2, 0.25) is 5.91 Å². The summed E-state index contributed by atoms with van der Waals surface area (Å²) in [5, 5.41) is 2.78. The molecule has 1 aromatic carbocycles. The second-order valence-corrected chi connectivity index (χ2v) is 6.28. The van der Waals surface area contributed by atoms with Gasteiger partial charge in [0.25, 0.3) is 5.91 Å². The van der Waals surface area contributed by atoms with Crippen LogP contribution in [0.4, 0.5) is 5.69 Å². The van der Waals surface area contributed by atoms with Crippen molar-refractivity contribution >= 4 is 17.5 Å². The summed E-state index contributed by atoms with van der Waals surface area (Å²) in [5.41, 5.74) is 7.94. The van der Waals surface area contributed by atoms with Crippen molar-refractivity contribution in [3.63, 3.8) is 0 Å². The molecule has 2 rings (SSSR count). The summed E-state index contributed by atoms with van der Waals surface area (Å²) in [4.78, 5) is 25.8. The van der Waals surface area contributed by atoms with Gasteiger partial charge >= 0.3 is 0 Å². The van der Waals surface area contributed by atoms with Crippen LogP contribution in [0.25, 0.3) is 0 Å². The van der Waals surface area contributed by atoms with E-state index >= 15 is 0 Å². The second-order valence-electron chi connectivity index (χ2n) is 6.28. The van der Waals surface area contributed by atoms with Crippen molar-refractivity contribution < 1.29 is 9.59 Å². The van der Waals surface area contributed by atoms with Gasteiger partial charge in [-0.2, -0.15) is 0 Å². The first-order valence-corrected chi connectivity index (χ1v) is 7.28. The molecule has 1 aliphatic heterocycles. The number of nitrogens with zero attached hydrogens (tertiary/aromatic N) is 1. The molecule has 3 N–H and O–H groups in total. The first kappa shape index (κ1) is 15.5. The third kappa shape index (κ3) is 3.42. The molecule has 2 amide bonds. The monoisotopic (exact) mass is 289 g/mol. The van der Waals surface area contributed by atoms with Crippen LogP contribution < -0.4 is 11.1 Å². The highest BCUT2D eigenvalue weighted by atomic mass is 16.2. The van der Waals surface area contributed by atoms with E-state index in [-0.39, 0.29) is 17.2 Å². The van der Waals surface area contributed by atoms with E-state index in [4.69, 9.17) is 5.73 Å². The van der Waals surface area contributed by atoms with Gasteiger partial charge in [-0.15, -0.1) is 0 Å². The Bertz CT molecular complexity index is 567. The molecule has 0 saturated heterocycles. The van der Waals surface area contributed by atoms with Gasteiger partial charge in [-0.1, -0.05) is 19.9 Å². The number of carbonyl (C=O) groups is 2. The van der Waals surface area contributed by atoms with Crippen molar-refractivity contribution in [3.05, 3.63) is 29.3 Å². The fraction of sp³-hybridized carbons (Fsp3) is 0.500. The van der Waals surface area contributed by atoms with Gasteiger partial charge in [0, 0.05) is 24.3 Å². The van der Waals surface area contributed by atoms with Crippen molar-refractivity contribution in [2.45, 2.75) is 27.2 Å². The normalized spacial score (nSPS) is 13.8. The van der Waals surface area contributed by atoms with Crippen LogP contribution in [0.15, 0.2) is 18.2 Å². The molecule has 0 fully saturated rings. The summed E-state index contributed by atoms with van der Waals surface area (Å²) in [6.07, 6.45) is 0.390. The maximum atomic E-state index is 12.6. The van der Waals surface area contributed by atoms with Crippen LogP contribution in [0, 0.1) is 5.41 Å². The maximum absolute atomic E-state index is 12.6. The Morgan fingerprint density at radius 3 is 2.76 bits per heavy atom. The molecule has 0 bridgehead atoms. The highest BCUT2D eigenvalue weighted by molar-refractivity contribution is 6.02. The topological polar surface area (TPSA) is 75.4 Å². The van der Waals surface area contributed by atoms with Crippen LogP contribution in [0.1, 0.15) is 36.7 Å². The maximum Gasteiger partial charge on any atom is 0.253 e. The molecule has 114 valence electrons. The minimum Gasteiger partial charge on any atom is -0.338 e. The van der Waals surface area contributed by atoms with E-state index in [2.05, 4.69) is 5.32 Å². The summed E-state index contributed by atoms with van der Waals surface area (Å²) in [6.45, 7) is 7.82. The van der Waals surface area contributed by atoms with Crippen LogP contribution in [0.5, 0.6) is 0 Å². The van der Waals surface area contributed by atoms with E-state index < -0.39 is 0 Å². The molecule has 1 aromatic rings. The van der Waals surface area contributed by atoms with Gasteiger partial charge in [-0.25, -0.2) is 0 Å². The van der Waals surface area contributed by atoms with Crippen LogP contribution in [0.2, 0.25) is 0 Å². The zero-order valence-electron chi connectivity index (χ0n) is 12.9. The lowest BCUT2D eigenvalue weighted by Gasteiger charge is -2.31. The molecule has 0 spiro atoms. The fourth-order valence-electron chi connectivity index (χ4n) is 2.44. The largest absolute Gasteiger partial charge is 0.338 e. The molecule has 0 aromatic heterocycles. The quantitative estimate of drug-likeness (QED) is 0.865. The molecule has 5 nitrogen and oxygen atoms in total. The lowest BCUT2D eigenvalue weighted by atomic mass is 9.92. The Hall–Kier alpha value is -1.88. The summed E-state index contributed by atoms with van der Waals surface area (Å²) in [7, 11) is 0. The molecule has 21 heavy (non-hydrogen) atoms. The number of carbonyl (C=O) groups excluding carboxylic acids is 2. The molecule has 0 saturated carbocycles. The van der Waals surface area contributed by atoms with Gasteiger partial charge in [0.15, 0.2) is 0 Å². The number of hydrogen-bond acceptors (Lipinski definition) is 3. The summed E-state index contributed by atoms with van der Waals surface area (Å²) < 4.78 is 0. The number of fused-ring (bicyclic) bond motifs is 1. The van der Waals surface area contributed by atoms with E-state index in [0.29, 0.717) is 31.6 Å². The van der Waals surface area contributed by atoms with Gasteiger partial charge < -0.3 is 16.0 Å². The van der Waals surface area contributed by atoms with E-state index in [9.17, 15) is 9.59 Å². The number of hydrogen-bond donors (Lipinski definition) is 2. The first-order valence-electron chi connectivity index (χ1n) is 7.28. The third-order valence-corrected chi connectivity index (χ3v) is 3.82. The smallest absolute Gasteiger partial charge is 0.253 e. The number of amides is 2. The van der Waals surface area contributed by atoms with Crippen LogP contribution in [-0.4, -0.2) is 36.3 Å². The molecule has 1 aliphatic rings. The van der Waals surface area contributed by atoms with Crippen molar-refractivity contribution in [3.8, 4) is 0 Å². The minimum absolute atomic E-state index is 0.0220. The van der Waals surface area contributed by atoms with Crippen LogP contribution in [-0.2, 0) is 11.2 Å². The number of nitrogens with two attached hydrogens (primary N) is 1. The Morgan fingerprint density at radius 2 is 2.14 bits per heavy atom. The lowest BCUT2D eigenvalue weighted by Crippen LogP contribution is -2.42. The molecule has 0 radical (unpaired) electrons. The Kier molecular flexibility index (Phi) is 4.32. The van der Waals surface area contributed by atoms with E-state index in [0.717, 1.165) is 11.3 Å². The predicted molar refractivity (Wildman–Crippen MR) is 83.2 cm³/mol. The third-order valence-electron chi connectivity index (χ3n) is 3.82. The number of anilines is 1. The Balaban J connectivity index is 2.19. The van der Waals surface area contributed by atoms with Gasteiger partial charge in [0.1, 0.15) is 0 Å². The van der Waals surface area contributed by atoms with Crippen LogP contribution in [0.3, 0.4) is 0 Å². The molecule has 0 aliphatic carbocycles. The molecule has 0 unspecified atom stereocenters. The second kappa shape index (κ2) is 5.85. The lowest BCUT2D eigenvalue weighted by molar-refractivity contribution is -0.115. The molecular formula is C16H23N3O2. The van der Waals surface area contributed by atoms with E-state index in [1.54, 1.807) is 17.0 Å². The SMILES string of the molecule is CCN(CC(C)(C)CN)C(=O)c1ccc2c(c1)NC(=O)C2. The van der Waals surface area contributed by atoms with Gasteiger partial charge in [-0.3, -0.25) is 9.59 Å². The highest BCUT2D eigenvalue weighted by Gasteiger charge is 2.25. The average Bonchev–Trinajstić information content (AvgIpc) is 2.83. The van der Waals surface area contributed by atoms with Crippen molar-refractivity contribution in [1.29, 1.82) is 0 Å². The minimum atomic E-state index is -0.114. The predicted octanol–water partition coefficient (Wildman–Crippen LogP) is 1.63. The van der Waals surface area contributed by atoms with E-state index in [1.165, 1.54) is 0 Å². The molecule has 5 heteroatoms. The number of rotatable bonds is 5. The van der Waals surface area contributed by atoms with Gasteiger partial charge in [0.05, 0.1) is 6.42 Å². The van der Waals surface area contributed by atoms with E-state index in [1.807, 2.05) is 26.8 Å².